The molecule has 0 spiro atoms. The molecule has 0 unspecified atom stereocenters. The van der Waals surface area contributed by atoms with Crippen LogP contribution >= 0.6 is 0 Å². The van der Waals surface area contributed by atoms with E-state index in [2.05, 4.69) is 17.1 Å². The zero-order valence-corrected chi connectivity index (χ0v) is 13.1. The second-order valence-electron chi connectivity index (χ2n) is 6.61. The van der Waals surface area contributed by atoms with Crippen molar-refractivity contribution in [1.29, 1.82) is 0 Å². The highest BCUT2D eigenvalue weighted by Crippen LogP contribution is 2.30. The molecular formula is C15H24N4O2. The Morgan fingerprint density at radius 1 is 1.48 bits per heavy atom. The molecule has 0 saturated carbocycles. The van der Waals surface area contributed by atoms with Gasteiger partial charge in [0.15, 0.2) is 11.5 Å². The van der Waals surface area contributed by atoms with Crippen LogP contribution in [0.1, 0.15) is 29.1 Å². The van der Waals surface area contributed by atoms with Gasteiger partial charge in [0.1, 0.15) is 0 Å². The van der Waals surface area contributed by atoms with E-state index in [0.29, 0.717) is 24.2 Å². The van der Waals surface area contributed by atoms with E-state index in [0.717, 1.165) is 31.8 Å². The predicted molar refractivity (Wildman–Crippen MR) is 78.9 cm³/mol. The SMILES string of the molecule is CN(C)Cc1cc(C(=O)N2CCC[C@H]3CN(C)C[C@H]32)no1. The zero-order chi connectivity index (χ0) is 15.0. The van der Waals surface area contributed by atoms with Gasteiger partial charge in [-0.25, -0.2) is 0 Å². The molecule has 21 heavy (non-hydrogen) atoms. The second-order valence-corrected chi connectivity index (χ2v) is 6.61. The van der Waals surface area contributed by atoms with E-state index in [-0.39, 0.29) is 5.91 Å². The molecule has 0 aliphatic carbocycles. The minimum absolute atomic E-state index is 0.0220. The van der Waals surface area contributed by atoms with Gasteiger partial charge in [0.05, 0.1) is 6.54 Å². The molecule has 0 bridgehead atoms. The molecule has 3 rings (SSSR count). The van der Waals surface area contributed by atoms with E-state index >= 15 is 0 Å². The van der Waals surface area contributed by atoms with Crippen molar-refractivity contribution in [2.45, 2.75) is 25.4 Å². The van der Waals surface area contributed by atoms with Gasteiger partial charge in [-0.3, -0.25) is 4.79 Å². The van der Waals surface area contributed by atoms with Gasteiger partial charge in [-0.05, 0) is 39.9 Å². The van der Waals surface area contributed by atoms with Gasteiger partial charge >= 0.3 is 0 Å². The number of aromatic nitrogens is 1. The number of amides is 1. The van der Waals surface area contributed by atoms with Crippen LogP contribution in [-0.2, 0) is 6.54 Å². The van der Waals surface area contributed by atoms with Gasteiger partial charge in [0.2, 0.25) is 0 Å². The molecule has 3 heterocycles. The van der Waals surface area contributed by atoms with Crippen molar-refractivity contribution in [1.82, 2.24) is 19.9 Å². The molecule has 116 valence electrons. The number of piperidine rings is 1. The van der Waals surface area contributed by atoms with Crippen LogP contribution < -0.4 is 0 Å². The molecule has 1 aromatic heterocycles. The average Bonchev–Trinajstić information content (AvgIpc) is 3.02. The fourth-order valence-corrected chi connectivity index (χ4v) is 3.59. The molecule has 0 aromatic carbocycles. The highest BCUT2D eigenvalue weighted by molar-refractivity contribution is 5.92. The quantitative estimate of drug-likeness (QED) is 0.828. The Hall–Kier alpha value is -1.40. The zero-order valence-electron chi connectivity index (χ0n) is 13.1. The molecule has 2 aliphatic rings. The summed E-state index contributed by atoms with van der Waals surface area (Å²) in [5.74, 6) is 1.37. The fourth-order valence-electron chi connectivity index (χ4n) is 3.59. The molecular weight excluding hydrogens is 268 g/mol. The summed E-state index contributed by atoms with van der Waals surface area (Å²) in [7, 11) is 6.06. The normalized spacial score (nSPS) is 26.4. The molecule has 0 N–H and O–H groups in total. The molecule has 2 atom stereocenters. The maximum absolute atomic E-state index is 12.7. The number of hydrogen-bond donors (Lipinski definition) is 0. The van der Waals surface area contributed by atoms with Crippen LogP contribution in [0.25, 0.3) is 0 Å². The van der Waals surface area contributed by atoms with Crippen molar-refractivity contribution >= 4 is 5.91 Å². The predicted octanol–water partition coefficient (Wildman–Crippen LogP) is 0.902. The van der Waals surface area contributed by atoms with Gasteiger partial charge in [0, 0.05) is 31.7 Å². The number of carbonyl (C=O) groups excluding carboxylic acids is 1. The number of hydrogen-bond acceptors (Lipinski definition) is 5. The summed E-state index contributed by atoms with van der Waals surface area (Å²) >= 11 is 0. The third-order valence-corrected chi connectivity index (χ3v) is 4.47. The lowest BCUT2D eigenvalue weighted by molar-refractivity contribution is 0.0561. The fraction of sp³-hybridized carbons (Fsp3) is 0.733. The van der Waals surface area contributed by atoms with Crippen molar-refractivity contribution in [3.8, 4) is 0 Å². The van der Waals surface area contributed by atoms with Crippen molar-refractivity contribution in [3.63, 3.8) is 0 Å². The van der Waals surface area contributed by atoms with Crippen LogP contribution in [0.2, 0.25) is 0 Å². The number of nitrogens with zero attached hydrogens (tertiary/aromatic N) is 4. The van der Waals surface area contributed by atoms with Crippen LogP contribution in [0.15, 0.2) is 10.6 Å². The number of rotatable bonds is 3. The first-order valence-corrected chi connectivity index (χ1v) is 7.64. The molecule has 6 heteroatoms. The Kier molecular flexibility index (Phi) is 3.99. The first-order valence-electron chi connectivity index (χ1n) is 7.64. The molecule has 2 saturated heterocycles. The number of fused-ring (bicyclic) bond motifs is 1. The lowest BCUT2D eigenvalue weighted by atomic mass is 9.92. The number of likely N-dealkylation sites (tertiary alicyclic amines) is 2. The van der Waals surface area contributed by atoms with Crippen molar-refractivity contribution in [2.75, 3.05) is 40.8 Å². The van der Waals surface area contributed by atoms with Crippen LogP contribution in [0, 0.1) is 5.92 Å². The lowest BCUT2D eigenvalue weighted by Gasteiger charge is -2.36. The third-order valence-electron chi connectivity index (χ3n) is 4.47. The van der Waals surface area contributed by atoms with E-state index in [1.165, 1.54) is 6.42 Å². The third kappa shape index (κ3) is 2.96. The van der Waals surface area contributed by atoms with Gasteiger partial charge in [-0.1, -0.05) is 5.16 Å². The monoisotopic (exact) mass is 292 g/mol. The first-order chi connectivity index (χ1) is 10.0. The van der Waals surface area contributed by atoms with Crippen molar-refractivity contribution in [3.05, 3.63) is 17.5 Å². The molecule has 2 fully saturated rings. The van der Waals surface area contributed by atoms with Gasteiger partial charge in [-0.15, -0.1) is 0 Å². The maximum Gasteiger partial charge on any atom is 0.276 e. The van der Waals surface area contributed by atoms with Crippen molar-refractivity contribution < 1.29 is 9.32 Å². The number of carbonyl (C=O) groups is 1. The van der Waals surface area contributed by atoms with E-state index in [1.54, 1.807) is 6.07 Å². The lowest BCUT2D eigenvalue weighted by Crippen LogP contribution is -2.48. The van der Waals surface area contributed by atoms with Crippen LogP contribution in [0.5, 0.6) is 0 Å². The molecule has 0 radical (unpaired) electrons. The number of likely N-dealkylation sites (N-methyl/N-ethyl adjacent to an activating group) is 1. The van der Waals surface area contributed by atoms with Crippen LogP contribution in [0.3, 0.4) is 0 Å². The molecule has 1 amide bonds. The Morgan fingerprint density at radius 2 is 2.29 bits per heavy atom. The van der Waals surface area contributed by atoms with E-state index in [1.807, 2.05) is 23.9 Å². The molecule has 2 aliphatic heterocycles. The second kappa shape index (κ2) is 5.77. The topological polar surface area (TPSA) is 52.8 Å². The molecule has 6 nitrogen and oxygen atoms in total. The summed E-state index contributed by atoms with van der Waals surface area (Å²) in [4.78, 5) is 19.0. The van der Waals surface area contributed by atoms with E-state index in [4.69, 9.17) is 4.52 Å². The minimum Gasteiger partial charge on any atom is -0.359 e. The van der Waals surface area contributed by atoms with Crippen LogP contribution in [-0.4, -0.2) is 72.6 Å². The Balaban J connectivity index is 1.73. The summed E-state index contributed by atoms with van der Waals surface area (Å²) in [6.45, 7) is 3.57. The average molecular weight is 292 g/mol. The van der Waals surface area contributed by atoms with E-state index < -0.39 is 0 Å². The highest BCUT2D eigenvalue weighted by Gasteiger charge is 2.40. The van der Waals surface area contributed by atoms with Crippen molar-refractivity contribution in [2.24, 2.45) is 5.92 Å². The summed E-state index contributed by atoms with van der Waals surface area (Å²) in [6, 6.07) is 2.12. The standard InChI is InChI=1S/C15H24N4O2/c1-17(2)9-12-7-13(16-21-12)15(20)19-6-4-5-11-8-18(3)10-14(11)19/h7,11,14H,4-6,8-10H2,1-3H3/t11-,14+/m0/s1. The van der Waals surface area contributed by atoms with E-state index in [9.17, 15) is 4.79 Å². The summed E-state index contributed by atoms with van der Waals surface area (Å²) in [5, 5.41) is 3.97. The Bertz CT molecular complexity index is 514. The summed E-state index contributed by atoms with van der Waals surface area (Å²) in [6.07, 6.45) is 2.31. The minimum atomic E-state index is 0.0220. The van der Waals surface area contributed by atoms with Gasteiger partial charge < -0.3 is 19.2 Å². The van der Waals surface area contributed by atoms with Gasteiger partial charge in [-0.2, -0.15) is 0 Å². The summed E-state index contributed by atoms with van der Waals surface area (Å²) in [5.41, 5.74) is 0.446. The molecule has 1 aromatic rings. The van der Waals surface area contributed by atoms with Crippen LogP contribution in [0.4, 0.5) is 0 Å². The highest BCUT2D eigenvalue weighted by atomic mass is 16.5. The largest absolute Gasteiger partial charge is 0.359 e. The first kappa shape index (κ1) is 14.5. The van der Waals surface area contributed by atoms with Gasteiger partial charge in [0.25, 0.3) is 5.91 Å². The Morgan fingerprint density at radius 3 is 3.05 bits per heavy atom. The Labute approximate surface area is 125 Å². The summed E-state index contributed by atoms with van der Waals surface area (Å²) < 4.78 is 5.27. The maximum atomic E-state index is 12.7. The smallest absolute Gasteiger partial charge is 0.276 e.